The molecule has 1 spiro atoms. The van der Waals surface area contributed by atoms with E-state index in [4.69, 9.17) is 25.8 Å². The van der Waals surface area contributed by atoms with E-state index < -0.39 is 17.4 Å². The molecule has 1 fully saturated rings. The number of methoxy groups -OCH3 is 2. The van der Waals surface area contributed by atoms with Gasteiger partial charge in [-0.05, 0) is 12.1 Å². The van der Waals surface area contributed by atoms with Gasteiger partial charge < -0.3 is 19.1 Å². The Kier molecular flexibility index (Phi) is 4.19. The van der Waals surface area contributed by atoms with E-state index in [2.05, 4.69) is 4.98 Å². The molecule has 0 unspecified atom stereocenters. The lowest BCUT2D eigenvalue weighted by molar-refractivity contribution is -0.127. The van der Waals surface area contributed by atoms with Crippen molar-refractivity contribution in [2.75, 3.05) is 26.2 Å². The summed E-state index contributed by atoms with van der Waals surface area (Å²) in [7, 11) is 4.17. The van der Waals surface area contributed by atoms with Gasteiger partial charge in [0.15, 0.2) is 16.6 Å². The number of esters is 1. The Morgan fingerprint density at radius 3 is 2.68 bits per heavy atom. The molecule has 2 aromatic rings. The zero-order valence-corrected chi connectivity index (χ0v) is 16.1. The SMILES string of the molecule is COC(=O)c1cc2c(cc1-c1c(OC)cnc(Cl)c1F)OC1(CC1)C(=O)N2C. The van der Waals surface area contributed by atoms with Crippen molar-refractivity contribution in [2.45, 2.75) is 18.4 Å². The van der Waals surface area contributed by atoms with Crippen LogP contribution >= 0.6 is 11.6 Å². The number of carbonyl (C=O) groups is 2. The van der Waals surface area contributed by atoms with E-state index in [0.717, 1.165) is 0 Å². The van der Waals surface area contributed by atoms with E-state index in [9.17, 15) is 14.0 Å². The summed E-state index contributed by atoms with van der Waals surface area (Å²) in [6, 6.07) is 2.94. The van der Waals surface area contributed by atoms with Gasteiger partial charge in [-0.3, -0.25) is 4.79 Å². The normalized spacial score (nSPS) is 16.5. The molecule has 146 valence electrons. The van der Waals surface area contributed by atoms with Gasteiger partial charge in [0, 0.05) is 25.5 Å². The minimum absolute atomic E-state index is 0.0377. The summed E-state index contributed by atoms with van der Waals surface area (Å²) in [5, 5.41) is -0.365. The summed E-state index contributed by atoms with van der Waals surface area (Å²) < 4.78 is 30.9. The second-order valence-electron chi connectivity index (χ2n) is 6.62. The fourth-order valence-electron chi connectivity index (χ4n) is 3.35. The summed E-state index contributed by atoms with van der Waals surface area (Å²) in [4.78, 5) is 30.2. The molecule has 1 aromatic heterocycles. The predicted molar refractivity (Wildman–Crippen MR) is 98.5 cm³/mol. The summed E-state index contributed by atoms with van der Waals surface area (Å²) >= 11 is 5.86. The van der Waals surface area contributed by atoms with Crippen LogP contribution in [0.25, 0.3) is 11.1 Å². The highest BCUT2D eigenvalue weighted by molar-refractivity contribution is 6.30. The van der Waals surface area contributed by atoms with Crippen molar-refractivity contribution < 1.29 is 28.2 Å². The topological polar surface area (TPSA) is 78.0 Å². The number of benzene rings is 1. The molecule has 9 heteroatoms. The lowest BCUT2D eigenvalue weighted by Gasteiger charge is -2.33. The molecular weight excluding hydrogens is 391 g/mol. The first-order valence-electron chi connectivity index (χ1n) is 8.45. The lowest BCUT2D eigenvalue weighted by atomic mass is 9.96. The van der Waals surface area contributed by atoms with Crippen LogP contribution in [0.1, 0.15) is 23.2 Å². The Morgan fingerprint density at radius 1 is 1.36 bits per heavy atom. The van der Waals surface area contributed by atoms with Crippen LogP contribution in [-0.2, 0) is 9.53 Å². The molecule has 0 saturated heterocycles. The molecule has 2 aliphatic rings. The standard InChI is InChI=1S/C19H16ClFN2O5/c1-23-11-6-10(17(24)27-3)9(7-12(11)28-19(4-5-19)18(23)25)14-13(26-2)8-22-16(20)15(14)21/h6-8H,4-5H2,1-3H3. The zero-order chi connectivity index (χ0) is 20.2. The van der Waals surface area contributed by atoms with E-state index in [0.29, 0.717) is 24.3 Å². The highest BCUT2D eigenvalue weighted by atomic mass is 35.5. The smallest absolute Gasteiger partial charge is 0.338 e. The molecule has 1 saturated carbocycles. The Balaban J connectivity index is 2.00. The Hall–Kier alpha value is -2.87. The number of carbonyl (C=O) groups excluding carboxylic acids is 2. The van der Waals surface area contributed by atoms with E-state index in [-0.39, 0.29) is 33.5 Å². The average molecular weight is 407 g/mol. The van der Waals surface area contributed by atoms with Crippen molar-refractivity contribution in [1.29, 1.82) is 0 Å². The Labute approximate surface area is 165 Å². The number of pyridine rings is 1. The molecule has 1 aliphatic heterocycles. The Bertz CT molecular complexity index is 1020. The molecule has 2 heterocycles. The first kappa shape index (κ1) is 18.5. The van der Waals surface area contributed by atoms with Gasteiger partial charge in [-0.15, -0.1) is 0 Å². The summed E-state index contributed by atoms with van der Waals surface area (Å²) in [6.45, 7) is 0. The van der Waals surface area contributed by atoms with Crippen LogP contribution in [0.3, 0.4) is 0 Å². The average Bonchev–Trinajstić information content (AvgIpc) is 3.47. The van der Waals surface area contributed by atoms with Crippen molar-refractivity contribution in [3.63, 3.8) is 0 Å². The molecule has 1 aliphatic carbocycles. The van der Waals surface area contributed by atoms with Gasteiger partial charge in [-0.25, -0.2) is 14.2 Å². The number of anilines is 1. The highest BCUT2D eigenvalue weighted by Crippen LogP contribution is 2.51. The third-order valence-electron chi connectivity index (χ3n) is 5.00. The number of hydrogen-bond acceptors (Lipinski definition) is 6. The maximum Gasteiger partial charge on any atom is 0.338 e. The van der Waals surface area contributed by atoms with E-state index in [1.54, 1.807) is 7.05 Å². The van der Waals surface area contributed by atoms with Crippen molar-refractivity contribution in [1.82, 2.24) is 4.98 Å². The number of aromatic nitrogens is 1. The van der Waals surface area contributed by atoms with Gasteiger partial charge in [0.1, 0.15) is 11.5 Å². The Morgan fingerprint density at radius 2 is 2.07 bits per heavy atom. The van der Waals surface area contributed by atoms with Crippen LogP contribution in [-0.4, -0.2) is 43.7 Å². The molecule has 0 radical (unpaired) electrons. The van der Waals surface area contributed by atoms with Gasteiger partial charge in [0.05, 0.1) is 37.2 Å². The number of ether oxygens (including phenoxy) is 3. The summed E-state index contributed by atoms with van der Waals surface area (Å²) in [6.07, 6.45) is 2.46. The molecule has 1 amide bonds. The first-order valence-corrected chi connectivity index (χ1v) is 8.82. The number of rotatable bonds is 3. The quantitative estimate of drug-likeness (QED) is 0.575. The largest absolute Gasteiger partial charge is 0.494 e. The molecule has 4 rings (SSSR count). The van der Waals surface area contributed by atoms with Crippen LogP contribution in [0.15, 0.2) is 18.3 Å². The summed E-state index contributed by atoms with van der Waals surface area (Å²) in [5.74, 6) is -1.28. The van der Waals surface area contributed by atoms with Crippen LogP contribution in [0.2, 0.25) is 5.15 Å². The van der Waals surface area contributed by atoms with Crippen LogP contribution in [0.5, 0.6) is 11.5 Å². The van der Waals surface area contributed by atoms with Crippen LogP contribution < -0.4 is 14.4 Å². The van der Waals surface area contributed by atoms with Crippen molar-refractivity contribution in [3.8, 4) is 22.6 Å². The zero-order valence-electron chi connectivity index (χ0n) is 15.3. The van der Waals surface area contributed by atoms with Gasteiger partial charge in [0.25, 0.3) is 5.91 Å². The number of amides is 1. The van der Waals surface area contributed by atoms with Gasteiger partial charge in [-0.2, -0.15) is 0 Å². The van der Waals surface area contributed by atoms with Crippen molar-refractivity contribution in [3.05, 3.63) is 34.9 Å². The number of likely N-dealkylation sites (N-methyl/N-ethyl adjacent to an activating group) is 1. The number of halogens is 2. The lowest BCUT2D eigenvalue weighted by Crippen LogP contribution is -2.45. The van der Waals surface area contributed by atoms with E-state index >= 15 is 0 Å². The molecular formula is C19H16ClFN2O5. The van der Waals surface area contributed by atoms with Gasteiger partial charge in [-0.1, -0.05) is 11.6 Å². The van der Waals surface area contributed by atoms with Gasteiger partial charge in [0.2, 0.25) is 0 Å². The molecule has 28 heavy (non-hydrogen) atoms. The molecule has 0 N–H and O–H groups in total. The number of nitrogens with zero attached hydrogens (tertiary/aromatic N) is 2. The molecule has 7 nitrogen and oxygen atoms in total. The second kappa shape index (κ2) is 6.34. The predicted octanol–water partition coefficient (Wildman–Crippen LogP) is 3.22. The monoisotopic (exact) mass is 406 g/mol. The highest BCUT2D eigenvalue weighted by Gasteiger charge is 2.57. The van der Waals surface area contributed by atoms with E-state index in [1.165, 1.54) is 37.4 Å². The molecule has 0 bridgehead atoms. The molecule has 1 aromatic carbocycles. The first-order chi connectivity index (χ1) is 13.3. The van der Waals surface area contributed by atoms with Crippen molar-refractivity contribution >= 4 is 29.2 Å². The van der Waals surface area contributed by atoms with E-state index in [1.807, 2.05) is 0 Å². The van der Waals surface area contributed by atoms with Crippen LogP contribution in [0.4, 0.5) is 10.1 Å². The third-order valence-corrected chi connectivity index (χ3v) is 5.26. The minimum Gasteiger partial charge on any atom is -0.494 e. The second-order valence-corrected chi connectivity index (χ2v) is 6.98. The summed E-state index contributed by atoms with van der Waals surface area (Å²) in [5.41, 5.74) is -0.326. The fourth-order valence-corrected chi connectivity index (χ4v) is 3.49. The maximum atomic E-state index is 14.9. The number of fused-ring (bicyclic) bond motifs is 1. The molecule has 0 atom stereocenters. The maximum absolute atomic E-state index is 14.9. The fraction of sp³-hybridized carbons (Fsp3) is 0.316. The third kappa shape index (κ3) is 2.59. The van der Waals surface area contributed by atoms with Gasteiger partial charge >= 0.3 is 5.97 Å². The number of hydrogen-bond donors (Lipinski definition) is 0. The minimum atomic E-state index is -0.885. The van der Waals surface area contributed by atoms with Crippen molar-refractivity contribution in [2.24, 2.45) is 0 Å². The van der Waals surface area contributed by atoms with Crippen LogP contribution in [0, 0.1) is 5.82 Å².